The monoisotopic (exact) mass is 318 g/mol. The Morgan fingerprint density at radius 3 is 2.91 bits per heavy atom. The third-order valence-electron chi connectivity index (χ3n) is 3.73. The van der Waals surface area contributed by atoms with E-state index in [-0.39, 0.29) is 0 Å². The molecule has 0 aliphatic carbocycles. The standard InChI is InChI=1S/C15H19N5OS/c1-2-6-19-14(13-4-3-5-16-11-13)17-20(15(19)22)12-18-7-9-21-10-8-18/h2-5,11H,1,6-10,12H2/p+1. The average Bonchev–Trinajstić information content (AvgIpc) is 2.87. The lowest BCUT2D eigenvalue weighted by atomic mass is 10.3. The Morgan fingerprint density at radius 2 is 2.23 bits per heavy atom. The van der Waals surface area contributed by atoms with E-state index in [4.69, 9.17) is 22.1 Å². The zero-order chi connectivity index (χ0) is 15.4. The van der Waals surface area contributed by atoms with Crippen LogP contribution in [0.15, 0.2) is 37.2 Å². The SMILES string of the molecule is C=CCn1c(-c2cccnc2)nn(C[NH+]2CCOCC2)c1=S. The van der Waals surface area contributed by atoms with E-state index in [2.05, 4.69) is 11.6 Å². The topological polar surface area (TPSA) is 49.3 Å². The third-order valence-corrected chi connectivity index (χ3v) is 4.16. The second-order valence-corrected chi connectivity index (χ2v) is 5.63. The highest BCUT2D eigenvalue weighted by molar-refractivity contribution is 7.71. The maximum atomic E-state index is 5.60. The summed E-state index contributed by atoms with van der Waals surface area (Å²) in [5, 5.41) is 4.72. The molecule has 1 saturated heterocycles. The van der Waals surface area contributed by atoms with E-state index in [0.29, 0.717) is 6.54 Å². The van der Waals surface area contributed by atoms with Crippen LogP contribution in [0.3, 0.4) is 0 Å². The quantitative estimate of drug-likeness (QED) is 0.646. The number of quaternary nitrogens is 1. The first kappa shape index (κ1) is 15.1. The summed E-state index contributed by atoms with van der Waals surface area (Å²) < 4.78 is 10.0. The summed E-state index contributed by atoms with van der Waals surface area (Å²) in [6, 6.07) is 3.90. The van der Waals surface area contributed by atoms with Gasteiger partial charge < -0.3 is 9.64 Å². The molecule has 1 aliphatic rings. The van der Waals surface area contributed by atoms with Crippen LogP contribution in [-0.4, -0.2) is 45.6 Å². The molecular weight excluding hydrogens is 298 g/mol. The largest absolute Gasteiger partial charge is 0.370 e. The highest BCUT2D eigenvalue weighted by atomic mass is 32.1. The maximum Gasteiger partial charge on any atom is 0.203 e. The van der Waals surface area contributed by atoms with Gasteiger partial charge in [-0.05, 0) is 24.4 Å². The summed E-state index contributed by atoms with van der Waals surface area (Å²) in [5.41, 5.74) is 0.964. The van der Waals surface area contributed by atoms with Crippen molar-refractivity contribution in [1.29, 1.82) is 0 Å². The molecule has 0 saturated carbocycles. The van der Waals surface area contributed by atoms with Crippen molar-refractivity contribution in [3.05, 3.63) is 42.0 Å². The smallest absolute Gasteiger partial charge is 0.203 e. The van der Waals surface area contributed by atoms with Crippen molar-refractivity contribution < 1.29 is 9.64 Å². The van der Waals surface area contributed by atoms with Gasteiger partial charge >= 0.3 is 0 Å². The summed E-state index contributed by atoms with van der Waals surface area (Å²) in [6.07, 6.45) is 5.40. The molecule has 1 aliphatic heterocycles. The number of aromatic nitrogens is 4. The summed E-state index contributed by atoms with van der Waals surface area (Å²) in [6.45, 7) is 8.78. The maximum absolute atomic E-state index is 5.60. The van der Waals surface area contributed by atoms with E-state index >= 15 is 0 Å². The molecular formula is C15H20N5OS+. The molecule has 0 atom stereocenters. The average molecular weight is 318 g/mol. The minimum atomic E-state index is 0.640. The Bertz CT molecular complexity index is 688. The molecule has 7 heteroatoms. The van der Waals surface area contributed by atoms with Crippen LogP contribution in [0.2, 0.25) is 0 Å². The fourth-order valence-electron chi connectivity index (χ4n) is 2.58. The predicted octanol–water partition coefficient (Wildman–Crippen LogP) is 0.535. The van der Waals surface area contributed by atoms with Gasteiger partial charge in [0.05, 0.1) is 13.2 Å². The summed E-state index contributed by atoms with van der Waals surface area (Å²) in [4.78, 5) is 5.61. The number of pyridine rings is 1. The van der Waals surface area contributed by atoms with E-state index in [1.807, 2.05) is 33.7 Å². The van der Waals surface area contributed by atoms with E-state index in [9.17, 15) is 0 Å². The Labute approximate surface area is 134 Å². The van der Waals surface area contributed by atoms with Crippen molar-refractivity contribution >= 4 is 12.2 Å². The van der Waals surface area contributed by atoms with Crippen molar-refractivity contribution in [2.24, 2.45) is 0 Å². The first-order valence-corrected chi connectivity index (χ1v) is 7.80. The van der Waals surface area contributed by atoms with Crippen LogP contribution in [0.1, 0.15) is 0 Å². The molecule has 1 N–H and O–H groups in total. The number of morpholine rings is 1. The van der Waals surface area contributed by atoms with Gasteiger partial charge in [0.1, 0.15) is 13.1 Å². The van der Waals surface area contributed by atoms with Crippen LogP contribution in [-0.2, 0) is 18.0 Å². The molecule has 0 aromatic carbocycles. The van der Waals surface area contributed by atoms with Crippen LogP contribution in [0, 0.1) is 4.77 Å². The van der Waals surface area contributed by atoms with Gasteiger partial charge in [-0.15, -0.1) is 11.7 Å². The van der Waals surface area contributed by atoms with Crippen LogP contribution >= 0.6 is 12.2 Å². The van der Waals surface area contributed by atoms with Gasteiger partial charge in [0.2, 0.25) is 4.77 Å². The van der Waals surface area contributed by atoms with Gasteiger partial charge in [0, 0.05) is 24.5 Å². The summed E-state index contributed by atoms with van der Waals surface area (Å²) >= 11 is 5.60. The van der Waals surface area contributed by atoms with Gasteiger partial charge in [0.25, 0.3) is 0 Å². The first-order chi connectivity index (χ1) is 10.8. The Hall–Kier alpha value is -1.83. The second kappa shape index (κ2) is 6.95. The molecule has 6 nitrogen and oxygen atoms in total. The molecule has 22 heavy (non-hydrogen) atoms. The summed E-state index contributed by atoms with van der Waals surface area (Å²) in [5.74, 6) is 0.839. The number of rotatable bonds is 5. The molecule has 3 rings (SSSR count). The summed E-state index contributed by atoms with van der Waals surface area (Å²) in [7, 11) is 0. The Morgan fingerprint density at radius 1 is 1.41 bits per heavy atom. The lowest BCUT2D eigenvalue weighted by molar-refractivity contribution is -0.930. The zero-order valence-electron chi connectivity index (χ0n) is 12.4. The van der Waals surface area contributed by atoms with Crippen molar-refractivity contribution in [3.8, 4) is 11.4 Å². The van der Waals surface area contributed by atoms with Crippen molar-refractivity contribution in [2.45, 2.75) is 13.2 Å². The number of nitrogens with zero attached hydrogens (tertiary/aromatic N) is 4. The number of ether oxygens (including phenoxy) is 1. The highest BCUT2D eigenvalue weighted by Crippen LogP contribution is 2.16. The fraction of sp³-hybridized carbons (Fsp3) is 0.400. The molecule has 1 fully saturated rings. The van der Waals surface area contributed by atoms with E-state index in [1.165, 1.54) is 4.90 Å². The van der Waals surface area contributed by atoms with Crippen LogP contribution in [0.4, 0.5) is 0 Å². The van der Waals surface area contributed by atoms with Gasteiger partial charge in [-0.25, -0.2) is 0 Å². The molecule has 116 valence electrons. The minimum Gasteiger partial charge on any atom is -0.370 e. The normalized spacial score (nSPS) is 15.8. The Kier molecular flexibility index (Phi) is 4.77. The molecule has 2 aromatic heterocycles. The van der Waals surface area contributed by atoms with E-state index in [1.54, 1.807) is 6.20 Å². The van der Waals surface area contributed by atoms with Gasteiger partial charge in [-0.1, -0.05) is 6.08 Å². The molecule has 0 amide bonds. The van der Waals surface area contributed by atoms with Crippen LogP contribution in [0.5, 0.6) is 0 Å². The number of nitrogens with one attached hydrogen (secondary N) is 1. The molecule has 0 unspecified atom stereocenters. The Balaban J connectivity index is 1.94. The molecule has 3 heterocycles. The molecule has 0 spiro atoms. The number of allylic oxidation sites excluding steroid dienone is 1. The molecule has 2 aromatic rings. The lowest BCUT2D eigenvalue weighted by Gasteiger charge is -2.23. The minimum absolute atomic E-state index is 0.640. The van der Waals surface area contributed by atoms with Gasteiger partial charge in [-0.2, -0.15) is 4.68 Å². The molecule has 0 bridgehead atoms. The van der Waals surface area contributed by atoms with Gasteiger partial charge in [0.15, 0.2) is 12.5 Å². The zero-order valence-corrected chi connectivity index (χ0v) is 13.3. The van der Waals surface area contributed by atoms with Crippen molar-refractivity contribution in [1.82, 2.24) is 19.3 Å². The predicted molar refractivity (Wildman–Crippen MR) is 86.0 cm³/mol. The number of hydrogen-bond acceptors (Lipinski definition) is 4. The first-order valence-electron chi connectivity index (χ1n) is 7.40. The lowest BCUT2D eigenvalue weighted by Crippen LogP contribution is -3.13. The fourth-order valence-corrected chi connectivity index (χ4v) is 2.84. The second-order valence-electron chi connectivity index (χ2n) is 5.27. The molecule has 0 radical (unpaired) electrons. The van der Waals surface area contributed by atoms with Crippen LogP contribution < -0.4 is 4.90 Å². The van der Waals surface area contributed by atoms with E-state index < -0.39 is 0 Å². The van der Waals surface area contributed by atoms with Crippen molar-refractivity contribution in [2.75, 3.05) is 26.3 Å². The number of hydrogen-bond donors (Lipinski definition) is 1. The van der Waals surface area contributed by atoms with Crippen molar-refractivity contribution in [3.63, 3.8) is 0 Å². The third kappa shape index (κ3) is 3.16. The highest BCUT2D eigenvalue weighted by Gasteiger charge is 2.18. The van der Waals surface area contributed by atoms with E-state index in [0.717, 1.165) is 49.1 Å². The van der Waals surface area contributed by atoms with Gasteiger partial charge in [-0.3, -0.25) is 9.55 Å². The van der Waals surface area contributed by atoms with Crippen LogP contribution in [0.25, 0.3) is 11.4 Å².